The molecule has 0 aliphatic rings. The minimum absolute atomic E-state index is 0.426. The highest BCUT2D eigenvalue weighted by Crippen LogP contribution is 2.31. The van der Waals surface area contributed by atoms with Crippen LogP contribution < -0.4 is 10.6 Å². The number of likely N-dealkylation sites (N-methyl/N-ethyl adjacent to an activating group) is 1. The van der Waals surface area contributed by atoms with Crippen LogP contribution in [-0.2, 0) is 9.59 Å². The fraction of sp³-hybridized carbons (Fsp3) is 0.250. The molecule has 6 nitrogen and oxygen atoms in total. The van der Waals surface area contributed by atoms with Crippen LogP contribution in [0.5, 0.6) is 0 Å². The summed E-state index contributed by atoms with van der Waals surface area (Å²) in [7, 11) is 3.81. The van der Waals surface area contributed by atoms with Crippen LogP contribution in [0.25, 0.3) is 20.8 Å². The fourth-order valence-electron chi connectivity index (χ4n) is 2.51. The van der Waals surface area contributed by atoms with Crippen molar-refractivity contribution in [2.45, 2.75) is 6.92 Å². The third-order valence-corrected chi connectivity index (χ3v) is 5.05. The summed E-state index contributed by atoms with van der Waals surface area (Å²) < 4.78 is 1.15. The zero-order valence-electron chi connectivity index (χ0n) is 15.6. The van der Waals surface area contributed by atoms with Crippen LogP contribution in [0.15, 0.2) is 42.5 Å². The normalized spacial score (nSPS) is 11.0. The van der Waals surface area contributed by atoms with Crippen LogP contribution in [0.1, 0.15) is 5.56 Å². The number of carbonyl (C=O) groups is 2. The van der Waals surface area contributed by atoms with Crippen molar-refractivity contribution in [1.82, 2.24) is 15.2 Å². The number of nitrogens with one attached hydrogen (secondary N) is 2. The minimum Gasteiger partial charge on any atom is -0.347 e. The van der Waals surface area contributed by atoms with Crippen molar-refractivity contribution in [1.29, 1.82) is 0 Å². The summed E-state index contributed by atoms with van der Waals surface area (Å²) >= 11 is 1.63. The van der Waals surface area contributed by atoms with E-state index >= 15 is 0 Å². The van der Waals surface area contributed by atoms with Gasteiger partial charge in [-0.25, -0.2) is 4.98 Å². The molecule has 2 N–H and O–H groups in total. The summed E-state index contributed by atoms with van der Waals surface area (Å²) in [6.07, 6.45) is 0. The summed E-state index contributed by atoms with van der Waals surface area (Å²) in [5.74, 6) is -1.31. The molecule has 0 unspecified atom stereocenters. The zero-order valence-corrected chi connectivity index (χ0v) is 16.4. The molecule has 0 bridgehead atoms. The van der Waals surface area contributed by atoms with Gasteiger partial charge in [0, 0.05) is 24.3 Å². The number of hydrogen-bond acceptors (Lipinski definition) is 5. The first-order valence-corrected chi connectivity index (χ1v) is 9.45. The number of rotatable bonds is 5. The van der Waals surface area contributed by atoms with Gasteiger partial charge >= 0.3 is 11.8 Å². The van der Waals surface area contributed by atoms with Crippen LogP contribution in [0.3, 0.4) is 0 Å². The Morgan fingerprint density at radius 1 is 1.07 bits per heavy atom. The lowest BCUT2D eigenvalue weighted by Crippen LogP contribution is -2.38. The van der Waals surface area contributed by atoms with E-state index in [1.54, 1.807) is 23.5 Å². The summed E-state index contributed by atoms with van der Waals surface area (Å²) in [5, 5.41) is 6.13. The first-order chi connectivity index (χ1) is 12.9. The van der Waals surface area contributed by atoms with Gasteiger partial charge in [-0.05, 0) is 63.0 Å². The molecule has 3 rings (SSSR count). The maximum atomic E-state index is 11.9. The summed E-state index contributed by atoms with van der Waals surface area (Å²) in [5.41, 5.74) is 3.73. The average Bonchev–Trinajstić information content (AvgIpc) is 3.05. The van der Waals surface area contributed by atoms with Gasteiger partial charge in [-0.3, -0.25) is 9.59 Å². The topological polar surface area (TPSA) is 74.3 Å². The second kappa shape index (κ2) is 8.28. The summed E-state index contributed by atoms with van der Waals surface area (Å²) in [6, 6.07) is 13.5. The Morgan fingerprint density at radius 3 is 2.52 bits per heavy atom. The van der Waals surface area contributed by atoms with Gasteiger partial charge in [0.2, 0.25) is 0 Å². The molecule has 0 saturated carbocycles. The monoisotopic (exact) mass is 382 g/mol. The van der Waals surface area contributed by atoms with E-state index in [9.17, 15) is 9.59 Å². The number of thiazole rings is 1. The second-order valence-electron chi connectivity index (χ2n) is 6.58. The molecule has 27 heavy (non-hydrogen) atoms. The number of carbonyl (C=O) groups excluding carboxylic acids is 2. The lowest BCUT2D eigenvalue weighted by molar-refractivity contribution is -0.136. The maximum Gasteiger partial charge on any atom is 0.313 e. The Kier molecular flexibility index (Phi) is 5.83. The molecule has 1 aromatic heterocycles. The van der Waals surface area contributed by atoms with Gasteiger partial charge in [-0.1, -0.05) is 6.07 Å². The van der Waals surface area contributed by atoms with Crippen molar-refractivity contribution in [2.24, 2.45) is 0 Å². The van der Waals surface area contributed by atoms with Gasteiger partial charge in [0.15, 0.2) is 0 Å². The third kappa shape index (κ3) is 4.90. The Hall–Kier alpha value is -2.77. The lowest BCUT2D eigenvalue weighted by Gasteiger charge is -2.10. The Morgan fingerprint density at radius 2 is 1.81 bits per heavy atom. The van der Waals surface area contributed by atoms with E-state index in [0.717, 1.165) is 20.8 Å². The van der Waals surface area contributed by atoms with E-state index < -0.39 is 11.8 Å². The molecular weight excluding hydrogens is 360 g/mol. The molecule has 1 heterocycles. The molecular formula is C20H22N4O2S. The van der Waals surface area contributed by atoms with Crippen molar-refractivity contribution in [3.63, 3.8) is 0 Å². The Bertz CT molecular complexity index is 964. The molecule has 0 spiro atoms. The number of aryl methyl sites for hydroxylation is 1. The first kappa shape index (κ1) is 19.0. The van der Waals surface area contributed by atoms with E-state index in [1.807, 2.05) is 43.3 Å². The average molecular weight is 382 g/mol. The summed E-state index contributed by atoms with van der Waals surface area (Å²) in [4.78, 5) is 30.3. The smallest absolute Gasteiger partial charge is 0.313 e. The fourth-order valence-corrected chi connectivity index (χ4v) is 3.58. The molecule has 0 aliphatic heterocycles. The van der Waals surface area contributed by atoms with Crippen LogP contribution >= 0.6 is 11.3 Å². The minimum atomic E-state index is -0.669. The molecule has 0 radical (unpaired) electrons. The number of amides is 2. The molecule has 7 heteroatoms. The Balaban J connectivity index is 1.64. The zero-order chi connectivity index (χ0) is 19.4. The molecule has 3 aromatic rings. The van der Waals surface area contributed by atoms with Gasteiger partial charge < -0.3 is 15.5 Å². The molecule has 0 fully saturated rings. The predicted molar refractivity (Wildman–Crippen MR) is 110 cm³/mol. The van der Waals surface area contributed by atoms with Crippen molar-refractivity contribution >= 4 is 39.1 Å². The number of fused-ring (bicyclic) bond motifs is 1. The molecule has 140 valence electrons. The van der Waals surface area contributed by atoms with Crippen LogP contribution in [0.2, 0.25) is 0 Å². The maximum absolute atomic E-state index is 11.9. The van der Waals surface area contributed by atoms with E-state index in [-0.39, 0.29) is 0 Å². The molecule has 0 aliphatic carbocycles. The second-order valence-corrected chi connectivity index (χ2v) is 7.61. The van der Waals surface area contributed by atoms with Crippen molar-refractivity contribution in [3.05, 3.63) is 48.0 Å². The van der Waals surface area contributed by atoms with E-state index in [0.29, 0.717) is 18.8 Å². The highest BCUT2D eigenvalue weighted by atomic mass is 32.1. The summed E-state index contributed by atoms with van der Waals surface area (Å²) in [6.45, 7) is 3.16. The van der Waals surface area contributed by atoms with Gasteiger partial charge in [-0.2, -0.15) is 0 Å². The van der Waals surface area contributed by atoms with Gasteiger partial charge in [0.1, 0.15) is 5.01 Å². The first-order valence-electron chi connectivity index (χ1n) is 8.64. The number of aromatic nitrogens is 1. The molecule has 2 amide bonds. The quantitative estimate of drug-likeness (QED) is 0.666. The number of benzene rings is 2. The predicted octanol–water partition coefficient (Wildman–Crippen LogP) is 2.89. The van der Waals surface area contributed by atoms with Crippen molar-refractivity contribution in [3.8, 4) is 10.6 Å². The molecule has 2 aromatic carbocycles. The van der Waals surface area contributed by atoms with E-state index in [2.05, 4.69) is 28.6 Å². The van der Waals surface area contributed by atoms with Crippen LogP contribution in [0.4, 0.5) is 5.69 Å². The van der Waals surface area contributed by atoms with Gasteiger partial charge in [0.25, 0.3) is 0 Å². The van der Waals surface area contributed by atoms with Gasteiger partial charge in [-0.15, -0.1) is 11.3 Å². The molecule has 0 saturated heterocycles. The lowest BCUT2D eigenvalue weighted by atomic mass is 10.2. The highest BCUT2D eigenvalue weighted by Gasteiger charge is 2.13. The van der Waals surface area contributed by atoms with E-state index in [4.69, 9.17) is 0 Å². The third-order valence-electron chi connectivity index (χ3n) is 3.98. The number of hydrogen-bond donors (Lipinski definition) is 2. The number of nitrogens with zero attached hydrogens (tertiary/aromatic N) is 2. The standard InChI is InChI=1S/C20H22N4O2S/c1-13-4-9-16-17(12-13)27-20(23-16)14-5-7-15(8-6-14)22-19(26)18(25)21-10-11-24(2)3/h4-9,12H,10-11H2,1-3H3,(H,21,25)(H,22,26). The van der Waals surface area contributed by atoms with Crippen LogP contribution in [0, 0.1) is 6.92 Å². The van der Waals surface area contributed by atoms with Gasteiger partial charge in [0.05, 0.1) is 10.2 Å². The van der Waals surface area contributed by atoms with E-state index in [1.165, 1.54) is 5.56 Å². The Labute approximate surface area is 162 Å². The SMILES string of the molecule is Cc1ccc2nc(-c3ccc(NC(=O)C(=O)NCCN(C)C)cc3)sc2c1. The largest absolute Gasteiger partial charge is 0.347 e. The van der Waals surface area contributed by atoms with Crippen molar-refractivity contribution < 1.29 is 9.59 Å². The molecule has 0 atom stereocenters. The van der Waals surface area contributed by atoms with Crippen LogP contribution in [-0.4, -0.2) is 48.9 Å². The number of anilines is 1. The highest BCUT2D eigenvalue weighted by molar-refractivity contribution is 7.21. The van der Waals surface area contributed by atoms with Crippen molar-refractivity contribution in [2.75, 3.05) is 32.5 Å².